The van der Waals surface area contributed by atoms with Gasteiger partial charge in [-0.3, -0.25) is 43.3 Å². The minimum absolute atomic E-state index is 0.0327. The van der Waals surface area contributed by atoms with Crippen LogP contribution in [0.5, 0.6) is 0 Å². The van der Waals surface area contributed by atoms with Crippen LogP contribution in [0.15, 0.2) is 4.99 Å². The van der Waals surface area contributed by atoms with Crippen molar-refractivity contribution < 1.29 is 43.5 Å². The molecule has 2 aliphatic rings. The first-order valence-corrected chi connectivity index (χ1v) is 18.6. The molecule has 2 heterocycles. The molecule has 2 fully saturated rings. The quantitative estimate of drug-likeness (QED) is 0.0304. The van der Waals surface area contributed by atoms with Crippen molar-refractivity contribution in [2.45, 2.75) is 108 Å². The highest BCUT2D eigenvalue weighted by Gasteiger charge is 2.39. The summed E-state index contributed by atoms with van der Waals surface area (Å²) in [6.07, 6.45) is 4.02. The minimum atomic E-state index is -1.45. The van der Waals surface area contributed by atoms with Crippen LogP contribution in [0.25, 0.3) is 0 Å². The van der Waals surface area contributed by atoms with E-state index in [1.54, 1.807) is 6.26 Å². The lowest BCUT2D eigenvalue weighted by Gasteiger charge is -2.29. The van der Waals surface area contributed by atoms with Gasteiger partial charge in [0.05, 0.1) is 12.5 Å². The molecular weight excluding hydrogens is 702 g/mol. The van der Waals surface area contributed by atoms with Crippen LogP contribution in [0.1, 0.15) is 65.2 Å². The summed E-state index contributed by atoms with van der Waals surface area (Å²) < 4.78 is 0. The predicted octanol–water partition coefficient (Wildman–Crippen LogP) is -4.04. The molecule has 7 atom stereocenters. The largest absolute Gasteiger partial charge is 0.480 e. The third kappa shape index (κ3) is 14.2. The van der Waals surface area contributed by atoms with Gasteiger partial charge in [-0.25, -0.2) is 0 Å². The van der Waals surface area contributed by atoms with Crippen molar-refractivity contribution in [2.24, 2.45) is 22.2 Å². The van der Waals surface area contributed by atoms with Crippen molar-refractivity contribution in [2.75, 3.05) is 31.6 Å². The van der Waals surface area contributed by atoms with Crippen LogP contribution < -0.4 is 49.1 Å². The second-order valence-electron chi connectivity index (χ2n) is 12.7. The number of likely N-dealkylation sites (tertiary alicyclic amines) is 1. The van der Waals surface area contributed by atoms with Crippen LogP contribution in [-0.4, -0.2) is 137 Å². The molecule has 2 rings (SSSR count). The zero-order chi connectivity index (χ0) is 39.0. The van der Waals surface area contributed by atoms with Gasteiger partial charge in [-0.15, -0.1) is 0 Å². The number of thioether (sulfide) groups is 1. The second-order valence-corrected chi connectivity index (χ2v) is 13.7. The predicted molar refractivity (Wildman–Crippen MR) is 191 cm³/mol. The number of carboxylic acids is 1. The number of carboxylic acid groups (broad SMARTS) is 1. The van der Waals surface area contributed by atoms with E-state index in [1.807, 2.05) is 0 Å². The lowest BCUT2D eigenvalue weighted by molar-refractivity contribution is -0.141. The lowest BCUT2D eigenvalue weighted by Crippen LogP contribution is -2.59. The number of nitrogens with zero attached hydrogens (tertiary/aromatic N) is 2. The fourth-order valence-corrected chi connectivity index (χ4v) is 6.15. The first-order valence-electron chi connectivity index (χ1n) is 17.2. The number of nitrogens with two attached hydrogens (primary N) is 3. The zero-order valence-electron chi connectivity index (χ0n) is 29.8. The summed E-state index contributed by atoms with van der Waals surface area (Å²) in [7, 11) is 0. The van der Waals surface area contributed by atoms with Crippen molar-refractivity contribution in [3.05, 3.63) is 0 Å². The van der Waals surface area contributed by atoms with Gasteiger partial charge in [0.1, 0.15) is 36.3 Å². The van der Waals surface area contributed by atoms with Gasteiger partial charge in [-0.2, -0.15) is 11.8 Å². The Morgan fingerprint density at radius 1 is 0.827 bits per heavy atom. The van der Waals surface area contributed by atoms with Crippen LogP contribution in [0, 0.1) is 0 Å². The number of aliphatic imine (C=N–C) groups is 1. The smallest absolute Gasteiger partial charge is 0.325 e. The number of carbonyl (C=O) groups is 8. The lowest BCUT2D eigenvalue weighted by atomic mass is 10.1. The molecule has 13 N–H and O–H groups in total. The van der Waals surface area contributed by atoms with Gasteiger partial charge in [0.2, 0.25) is 41.4 Å². The first-order chi connectivity index (χ1) is 24.5. The molecule has 2 aliphatic heterocycles. The number of hydrogen-bond acceptors (Lipinski definition) is 11. The zero-order valence-corrected chi connectivity index (χ0v) is 30.6. The highest BCUT2D eigenvalue weighted by Crippen LogP contribution is 2.21. The van der Waals surface area contributed by atoms with Gasteiger partial charge < -0.3 is 59.1 Å². The molecule has 0 spiro atoms. The monoisotopic (exact) mass is 755 g/mol. The number of guanidine groups is 1. The maximum Gasteiger partial charge on any atom is 0.325 e. The van der Waals surface area contributed by atoms with Crippen LogP contribution in [0.4, 0.5) is 0 Å². The van der Waals surface area contributed by atoms with Crippen molar-refractivity contribution in [1.82, 2.24) is 36.8 Å². The Hall–Kier alpha value is -4.66. The van der Waals surface area contributed by atoms with E-state index in [4.69, 9.17) is 17.2 Å². The summed E-state index contributed by atoms with van der Waals surface area (Å²) in [6.45, 7) is 3.80. The molecule has 0 radical (unpaired) electrons. The Morgan fingerprint density at radius 3 is 2.02 bits per heavy atom. The number of amides is 7. The van der Waals surface area contributed by atoms with Gasteiger partial charge in [0.15, 0.2) is 5.96 Å². The van der Waals surface area contributed by atoms with Gasteiger partial charge in [-0.05, 0) is 77.3 Å². The number of primary amides is 1. The van der Waals surface area contributed by atoms with Gasteiger partial charge in [-0.1, -0.05) is 0 Å². The summed E-state index contributed by atoms with van der Waals surface area (Å²) >= 11 is 1.38. The van der Waals surface area contributed by atoms with Gasteiger partial charge in [0.25, 0.3) is 0 Å². The molecule has 0 aromatic carbocycles. The molecule has 21 heteroatoms. The maximum atomic E-state index is 13.5. The molecule has 52 heavy (non-hydrogen) atoms. The van der Waals surface area contributed by atoms with Crippen molar-refractivity contribution in [3.63, 3.8) is 0 Å². The second kappa shape index (κ2) is 21.6. The molecule has 0 bridgehead atoms. The van der Waals surface area contributed by atoms with Crippen molar-refractivity contribution in [3.8, 4) is 0 Å². The van der Waals surface area contributed by atoms with E-state index in [1.165, 1.54) is 30.5 Å². The fraction of sp³-hybridized carbons (Fsp3) is 0.710. The number of nitrogens with one attached hydrogen (secondary N) is 6. The third-order valence-electron chi connectivity index (χ3n) is 8.54. The summed E-state index contributed by atoms with van der Waals surface area (Å²) in [5.74, 6) is -5.97. The van der Waals surface area contributed by atoms with E-state index in [-0.39, 0.29) is 37.7 Å². The third-order valence-corrected chi connectivity index (χ3v) is 9.18. The molecular formula is C31H53N11O9S. The van der Waals surface area contributed by atoms with E-state index in [0.29, 0.717) is 38.1 Å². The van der Waals surface area contributed by atoms with Crippen molar-refractivity contribution in [1.29, 1.82) is 0 Å². The summed E-state index contributed by atoms with van der Waals surface area (Å²) in [4.78, 5) is 108. The molecule has 0 aromatic rings. The Labute approximate surface area is 306 Å². The highest BCUT2D eigenvalue weighted by atomic mass is 32.2. The minimum Gasteiger partial charge on any atom is -0.480 e. The Morgan fingerprint density at radius 2 is 1.44 bits per heavy atom. The molecule has 0 unspecified atom stereocenters. The molecule has 20 nitrogen and oxygen atoms in total. The molecule has 2 saturated heterocycles. The summed E-state index contributed by atoms with van der Waals surface area (Å²) in [5, 5.41) is 24.7. The Balaban J connectivity index is 2.12. The Kier molecular flexibility index (Phi) is 18.1. The van der Waals surface area contributed by atoms with E-state index in [0.717, 1.165) is 6.42 Å². The molecule has 0 aliphatic carbocycles. The van der Waals surface area contributed by atoms with Crippen LogP contribution >= 0.6 is 11.8 Å². The normalized spacial score (nSPS) is 19.6. The van der Waals surface area contributed by atoms with E-state index < -0.39 is 90.1 Å². The number of hydrogen-bond donors (Lipinski definition) is 10. The number of carbonyl (C=O) groups excluding carboxylic acids is 7. The molecule has 292 valence electrons. The number of rotatable bonds is 21. The maximum absolute atomic E-state index is 13.5. The van der Waals surface area contributed by atoms with E-state index in [2.05, 4.69) is 36.9 Å². The van der Waals surface area contributed by atoms with Crippen LogP contribution in [0.2, 0.25) is 0 Å². The molecule has 0 aromatic heterocycles. The average molecular weight is 756 g/mol. The Bertz CT molecular complexity index is 1340. The van der Waals surface area contributed by atoms with Gasteiger partial charge in [0, 0.05) is 13.1 Å². The SMILES string of the molecule is CSCC[C@H](NC(=O)[C@H](CC(N)=O)NC(=O)[C@@H]1CCCN1C(=O)[C@@H]1CCCN1)C(=O)N[C@@H](C)C(=O)N[C@@H](CCCN=C(N)N)C(=O)N[C@@H](C)C(=O)O. The molecule has 7 amide bonds. The van der Waals surface area contributed by atoms with Gasteiger partial charge >= 0.3 is 5.97 Å². The topological polar surface area (TPSA) is 323 Å². The van der Waals surface area contributed by atoms with Crippen LogP contribution in [0.3, 0.4) is 0 Å². The first kappa shape index (κ1) is 43.5. The number of aliphatic carboxylic acids is 1. The standard InChI is InChI=1S/C31H53N11O9S/c1-16(24(44)39-18(7-4-12-36-31(33)34)25(45)38-17(2)30(50)51)37-26(46)19(10-14-52-3)40-27(47)21(15-23(32)43)41-28(48)22-9-6-13-42(22)29(49)20-8-5-11-35-20/h16-22,35H,4-15H2,1-3H3,(H2,32,43)(H,37,46)(H,38,45)(H,39,44)(H,40,47)(H,41,48)(H,50,51)(H4,33,34,36)/t16-,17-,18-,19-,20-,21-,22-/m0/s1. The van der Waals surface area contributed by atoms with E-state index >= 15 is 0 Å². The average Bonchev–Trinajstić information content (AvgIpc) is 3.80. The van der Waals surface area contributed by atoms with E-state index in [9.17, 15) is 43.5 Å². The fourth-order valence-electron chi connectivity index (χ4n) is 5.68. The highest BCUT2D eigenvalue weighted by molar-refractivity contribution is 7.98. The summed E-state index contributed by atoms with van der Waals surface area (Å²) in [5.41, 5.74) is 16.1. The van der Waals surface area contributed by atoms with Crippen molar-refractivity contribution >= 4 is 65.0 Å². The van der Waals surface area contributed by atoms with Crippen LogP contribution in [-0.2, 0) is 38.4 Å². The summed E-state index contributed by atoms with van der Waals surface area (Å²) in [6, 6.07) is -7.59. The molecule has 0 saturated carbocycles.